The number of ether oxygens (including phenoxy) is 2. The average Bonchev–Trinajstić information content (AvgIpc) is 3.16. The predicted octanol–water partition coefficient (Wildman–Crippen LogP) is 2.73. The first-order valence-corrected chi connectivity index (χ1v) is 10.9. The van der Waals surface area contributed by atoms with Crippen LogP contribution < -0.4 is 0 Å². The third kappa shape index (κ3) is 4.18. The molecule has 9 heteroatoms. The zero-order chi connectivity index (χ0) is 20.4. The Morgan fingerprint density at radius 1 is 1.10 bits per heavy atom. The molecule has 2 aromatic rings. The minimum atomic E-state index is -3.77. The van der Waals surface area contributed by atoms with Crippen LogP contribution in [0.1, 0.15) is 18.4 Å². The van der Waals surface area contributed by atoms with Crippen molar-refractivity contribution >= 4 is 15.7 Å². The van der Waals surface area contributed by atoms with Gasteiger partial charge < -0.3 is 9.47 Å². The highest BCUT2D eigenvalue weighted by Crippen LogP contribution is 2.35. The van der Waals surface area contributed by atoms with Crippen LogP contribution in [0, 0.1) is 10.1 Å². The molecule has 0 aromatic heterocycles. The van der Waals surface area contributed by atoms with Crippen LogP contribution in [0.3, 0.4) is 0 Å². The monoisotopic (exact) mass is 418 g/mol. The van der Waals surface area contributed by atoms with Gasteiger partial charge in [-0.1, -0.05) is 30.3 Å². The van der Waals surface area contributed by atoms with E-state index in [1.165, 1.54) is 28.6 Å². The molecule has 2 fully saturated rings. The van der Waals surface area contributed by atoms with Gasteiger partial charge in [0.1, 0.15) is 0 Å². The molecule has 4 rings (SSSR count). The molecule has 0 spiro atoms. The van der Waals surface area contributed by atoms with Gasteiger partial charge in [0.15, 0.2) is 0 Å². The first-order chi connectivity index (χ1) is 13.9. The molecule has 0 N–H and O–H groups in total. The second kappa shape index (κ2) is 8.19. The van der Waals surface area contributed by atoms with E-state index in [9.17, 15) is 18.5 Å². The zero-order valence-corrected chi connectivity index (χ0v) is 16.5. The molecule has 2 aromatic carbocycles. The summed E-state index contributed by atoms with van der Waals surface area (Å²) in [7, 11) is -3.77. The van der Waals surface area contributed by atoms with Crippen molar-refractivity contribution in [3.05, 3.63) is 70.3 Å². The van der Waals surface area contributed by atoms with Crippen LogP contribution in [0.15, 0.2) is 59.5 Å². The lowest BCUT2D eigenvalue weighted by molar-refractivity contribution is -0.384. The van der Waals surface area contributed by atoms with E-state index in [0.717, 1.165) is 5.56 Å². The molecule has 2 aliphatic rings. The third-order valence-electron chi connectivity index (χ3n) is 5.42. The molecule has 0 radical (unpaired) electrons. The summed E-state index contributed by atoms with van der Waals surface area (Å²) in [5.74, 6) is 0. The topological polar surface area (TPSA) is 99.0 Å². The molecule has 1 saturated carbocycles. The maximum absolute atomic E-state index is 13.2. The van der Waals surface area contributed by atoms with Gasteiger partial charge in [-0.25, -0.2) is 8.42 Å². The summed E-state index contributed by atoms with van der Waals surface area (Å²) >= 11 is 0. The summed E-state index contributed by atoms with van der Waals surface area (Å²) in [5.41, 5.74) is 0.928. The van der Waals surface area contributed by atoms with Gasteiger partial charge in [0, 0.05) is 25.1 Å². The maximum Gasteiger partial charge on any atom is 0.269 e. The molecular weight excluding hydrogens is 396 g/mol. The van der Waals surface area contributed by atoms with Crippen LogP contribution in [-0.4, -0.2) is 49.0 Å². The second-order valence-corrected chi connectivity index (χ2v) is 9.12. The number of morpholine rings is 1. The van der Waals surface area contributed by atoms with E-state index >= 15 is 0 Å². The molecular formula is C20H22N2O6S. The van der Waals surface area contributed by atoms with Gasteiger partial charge in [0.2, 0.25) is 10.0 Å². The number of hydrogen-bond acceptors (Lipinski definition) is 6. The molecule has 1 heterocycles. The lowest BCUT2D eigenvalue weighted by Gasteiger charge is -2.36. The Hall–Kier alpha value is -2.33. The zero-order valence-electron chi connectivity index (χ0n) is 15.7. The van der Waals surface area contributed by atoms with Gasteiger partial charge in [-0.05, 0) is 24.1 Å². The van der Waals surface area contributed by atoms with Crippen LogP contribution in [-0.2, 0) is 26.1 Å². The first kappa shape index (κ1) is 20.0. The Morgan fingerprint density at radius 2 is 1.83 bits per heavy atom. The summed E-state index contributed by atoms with van der Waals surface area (Å²) in [5, 5.41) is 10.8. The lowest BCUT2D eigenvalue weighted by atomic mass is 10.2. The summed E-state index contributed by atoms with van der Waals surface area (Å²) in [6, 6.07) is 14.5. The Labute approximate surface area is 169 Å². The highest BCUT2D eigenvalue weighted by molar-refractivity contribution is 7.89. The predicted molar refractivity (Wildman–Crippen MR) is 105 cm³/mol. The van der Waals surface area contributed by atoms with Crippen molar-refractivity contribution in [3.8, 4) is 0 Å². The number of nitro benzene ring substituents is 1. The van der Waals surface area contributed by atoms with Crippen molar-refractivity contribution < 1.29 is 22.8 Å². The molecule has 8 nitrogen and oxygen atoms in total. The SMILES string of the molecule is O=[N+]([O-])c1ccc(S(=O)(=O)N2CCO[C@H]3C[C@H](OCc4ccccc4)C[C@H]32)cc1. The normalized spacial score (nSPS) is 24.9. The highest BCUT2D eigenvalue weighted by Gasteiger charge is 2.46. The smallest absolute Gasteiger partial charge is 0.269 e. The average molecular weight is 418 g/mol. The van der Waals surface area contributed by atoms with Crippen LogP contribution in [0.5, 0.6) is 0 Å². The molecule has 1 aliphatic heterocycles. The molecule has 1 saturated heterocycles. The van der Waals surface area contributed by atoms with E-state index in [2.05, 4.69) is 0 Å². The Morgan fingerprint density at radius 3 is 2.52 bits per heavy atom. The number of sulfonamides is 1. The van der Waals surface area contributed by atoms with Gasteiger partial charge in [-0.15, -0.1) is 0 Å². The molecule has 0 bridgehead atoms. The van der Waals surface area contributed by atoms with E-state index < -0.39 is 14.9 Å². The lowest BCUT2D eigenvalue weighted by Crippen LogP contribution is -2.51. The Balaban J connectivity index is 1.47. The Bertz CT molecular complexity index is 964. The largest absolute Gasteiger partial charge is 0.375 e. The van der Waals surface area contributed by atoms with E-state index in [4.69, 9.17) is 9.47 Å². The Kier molecular flexibility index (Phi) is 5.64. The van der Waals surface area contributed by atoms with Crippen LogP contribution in [0.25, 0.3) is 0 Å². The summed E-state index contributed by atoms with van der Waals surface area (Å²) in [6.07, 6.45) is 0.906. The molecule has 154 valence electrons. The number of hydrogen-bond donors (Lipinski definition) is 0. The van der Waals surface area contributed by atoms with Crippen LogP contribution in [0.2, 0.25) is 0 Å². The number of fused-ring (bicyclic) bond motifs is 1. The number of benzene rings is 2. The fraction of sp³-hybridized carbons (Fsp3) is 0.400. The second-order valence-electron chi connectivity index (χ2n) is 7.23. The van der Waals surface area contributed by atoms with Crippen molar-refractivity contribution in [1.82, 2.24) is 4.31 Å². The van der Waals surface area contributed by atoms with Crippen LogP contribution >= 0.6 is 0 Å². The van der Waals surface area contributed by atoms with Crippen molar-refractivity contribution in [3.63, 3.8) is 0 Å². The summed E-state index contributed by atoms with van der Waals surface area (Å²) in [4.78, 5) is 10.3. The van der Waals surface area contributed by atoms with Gasteiger partial charge in [-0.2, -0.15) is 4.31 Å². The van der Waals surface area contributed by atoms with E-state index in [1.54, 1.807) is 0 Å². The van der Waals surface area contributed by atoms with Gasteiger partial charge in [-0.3, -0.25) is 10.1 Å². The highest BCUT2D eigenvalue weighted by atomic mass is 32.2. The molecule has 0 unspecified atom stereocenters. The fourth-order valence-electron chi connectivity index (χ4n) is 3.97. The minimum absolute atomic E-state index is 0.0532. The number of non-ortho nitro benzene ring substituents is 1. The molecule has 29 heavy (non-hydrogen) atoms. The number of nitrogens with zero attached hydrogens (tertiary/aromatic N) is 2. The molecule has 1 aliphatic carbocycles. The fourth-order valence-corrected chi connectivity index (χ4v) is 5.62. The third-order valence-corrected chi connectivity index (χ3v) is 7.36. The van der Waals surface area contributed by atoms with E-state index in [0.29, 0.717) is 26.1 Å². The van der Waals surface area contributed by atoms with Crippen LogP contribution in [0.4, 0.5) is 5.69 Å². The van der Waals surface area contributed by atoms with Crippen molar-refractivity contribution in [2.75, 3.05) is 13.2 Å². The standard InChI is InChI=1S/C20H22N2O6S/c23-22(24)16-6-8-18(9-7-16)29(25,26)21-10-11-27-20-13-17(12-19(20)21)28-14-15-4-2-1-3-5-15/h1-9,17,19-20H,10-14H2/t17-,19-,20+/m1/s1. The van der Waals surface area contributed by atoms with Crippen molar-refractivity contribution in [1.29, 1.82) is 0 Å². The first-order valence-electron chi connectivity index (χ1n) is 9.48. The van der Waals surface area contributed by atoms with Gasteiger partial charge in [0.25, 0.3) is 5.69 Å². The van der Waals surface area contributed by atoms with Gasteiger partial charge in [0.05, 0.1) is 41.3 Å². The van der Waals surface area contributed by atoms with E-state index in [-0.39, 0.29) is 35.4 Å². The summed E-state index contributed by atoms with van der Waals surface area (Å²) < 4.78 is 39.6. The van der Waals surface area contributed by atoms with Gasteiger partial charge >= 0.3 is 0 Å². The quantitative estimate of drug-likeness (QED) is 0.528. The minimum Gasteiger partial charge on any atom is -0.375 e. The maximum atomic E-state index is 13.2. The molecule has 0 amide bonds. The van der Waals surface area contributed by atoms with E-state index in [1.807, 2.05) is 30.3 Å². The summed E-state index contributed by atoms with van der Waals surface area (Å²) in [6.45, 7) is 1.05. The van der Waals surface area contributed by atoms with Crippen molar-refractivity contribution in [2.24, 2.45) is 0 Å². The number of nitro groups is 1. The number of rotatable bonds is 6. The molecule has 3 atom stereocenters. The van der Waals surface area contributed by atoms with Crippen molar-refractivity contribution in [2.45, 2.75) is 42.6 Å².